The Bertz CT molecular complexity index is 2460. The molecule has 28 nitrogen and oxygen atoms in total. The van der Waals surface area contributed by atoms with E-state index in [9.17, 15) is 86.5 Å². The summed E-state index contributed by atoms with van der Waals surface area (Å²) in [5, 5.41) is 176. The summed E-state index contributed by atoms with van der Waals surface area (Å²) in [5.74, 6) is -3.71. The van der Waals surface area contributed by atoms with Crippen LogP contribution in [0.1, 0.15) is 99.8 Å². The lowest BCUT2D eigenvalue weighted by molar-refractivity contribution is -0.372. The smallest absolute Gasteiger partial charge is 0.335 e. The molecule has 85 heavy (non-hydrogen) atoms. The van der Waals surface area contributed by atoms with Crippen molar-refractivity contribution in [3.63, 3.8) is 0 Å². The molecule has 5 aliphatic heterocycles. The van der Waals surface area contributed by atoms with E-state index >= 15 is 4.79 Å². The normalized spacial score (nSPS) is 55.1. The highest BCUT2D eigenvalue weighted by Gasteiger charge is 2.73. The number of carbonyl (C=O) groups is 2. The number of aliphatic hydroxyl groups is 15. The summed E-state index contributed by atoms with van der Waals surface area (Å²) in [6.07, 6.45) is -33.3. The molecule has 5 aliphatic carbocycles. The predicted octanol–water partition coefficient (Wildman–Crippen LogP) is -4.26. The number of aliphatic carboxylic acids is 1. The first-order valence-corrected chi connectivity index (χ1v) is 29.7. The van der Waals surface area contributed by atoms with Crippen molar-refractivity contribution in [3.05, 3.63) is 11.6 Å². The summed E-state index contributed by atoms with van der Waals surface area (Å²) in [5.41, 5.74) is -6.22. The SMILES string of the molecule is C[C@@H]1O[C@@H](O[C@H]2[C@H](OC(=O)[C@]34CCC(C)(C)C[C@H]3C3=CCC5[C@@]6(C)C[C@H](O)[C@H](O[C@@H]7O[C@H](C(=O)O)[C@@H](O)[C@H](O)[C@H]7O)[C@@](C)(CO)C6[C@H](O)C[C@@]5(C)[C@]3(C)CC4)OC[C@H](O)[C@@H]2O)[C@H](O)[C@H](O)[C@H]1O[C@@H]1OC[C@@H](O)[C@H](O[C@@H]2OC[C@](O)(CO)[C@H]2O)[C@H]1O. The molecule has 0 aromatic rings. The molecule has 10 rings (SSSR count). The minimum absolute atomic E-state index is 0.0325. The number of esters is 1. The third kappa shape index (κ3) is 10.7. The summed E-state index contributed by atoms with van der Waals surface area (Å²) in [6.45, 7) is 10.6. The molecule has 16 N–H and O–H groups in total. The highest BCUT2D eigenvalue weighted by Crippen LogP contribution is 2.76. The van der Waals surface area contributed by atoms with Crippen LogP contribution in [-0.4, -0.2) is 274 Å². The van der Waals surface area contributed by atoms with Crippen molar-refractivity contribution in [3.8, 4) is 0 Å². The zero-order valence-electron chi connectivity index (χ0n) is 48.8. The molecule has 5 saturated heterocycles. The fourth-order valence-electron chi connectivity index (χ4n) is 17.4. The summed E-state index contributed by atoms with van der Waals surface area (Å²) >= 11 is 0. The average Bonchev–Trinajstić information content (AvgIpc) is 0.961. The summed E-state index contributed by atoms with van der Waals surface area (Å²) < 4.78 is 58.3. The van der Waals surface area contributed by atoms with Crippen molar-refractivity contribution < 1.29 is 139 Å². The van der Waals surface area contributed by atoms with Gasteiger partial charge in [0.2, 0.25) is 6.29 Å². The molecule has 10 aliphatic rings. The summed E-state index contributed by atoms with van der Waals surface area (Å²) in [7, 11) is 0. The van der Waals surface area contributed by atoms with Crippen molar-refractivity contribution in [1.29, 1.82) is 0 Å². The van der Waals surface area contributed by atoms with Gasteiger partial charge in [-0.3, -0.25) is 4.79 Å². The van der Waals surface area contributed by atoms with Gasteiger partial charge in [0.05, 0.1) is 62.9 Å². The van der Waals surface area contributed by atoms with E-state index < -0.39 is 231 Å². The highest BCUT2D eigenvalue weighted by atomic mass is 16.8. The number of hydrogen-bond acceptors (Lipinski definition) is 27. The first kappa shape index (κ1) is 65.7. The van der Waals surface area contributed by atoms with E-state index in [0.29, 0.717) is 38.5 Å². The minimum atomic E-state index is -2.07. The van der Waals surface area contributed by atoms with E-state index in [0.717, 1.165) is 5.57 Å². The van der Waals surface area contributed by atoms with Gasteiger partial charge in [-0.2, -0.15) is 0 Å². The number of carbonyl (C=O) groups excluding carboxylic acids is 1. The summed E-state index contributed by atoms with van der Waals surface area (Å²) in [4.78, 5) is 27.4. The number of carboxylic acids is 1. The highest BCUT2D eigenvalue weighted by molar-refractivity contribution is 5.79. The molecule has 0 aromatic heterocycles. The second-order valence-electron chi connectivity index (χ2n) is 28.1. The molecule has 0 bridgehead atoms. The van der Waals surface area contributed by atoms with Gasteiger partial charge >= 0.3 is 11.9 Å². The van der Waals surface area contributed by atoms with Crippen molar-refractivity contribution in [2.75, 3.05) is 33.0 Å². The third-order valence-electron chi connectivity index (χ3n) is 22.4. The maximum Gasteiger partial charge on any atom is 0.335 e. The first-order valence-electron chi connectivity index (χ1n) is 29.7. The van der Waals surface area contributed by atoms with Crippen molar-refractivity contribution in [1.82, 2.24) is 0 Å². The Morgan fingerprint density at radius 3 is 1.88 bits per heavy atom. The standard InChI is InChI=1S/C57H90O28/c1-22-37(80-45-36(70)38(28(63)18-76-45)81-49-42(71)57(75,20-59)21-78-49)33(67)35(69)46(79-22)83-40-30(64)27(62)17-77-48(40)85-50(74)56-12-10-51(2,3)14-24(56)23-8-9-29-52(4)15-26(61)43(84-47-34(68)31(65)32(66)39(82-47)44(72)73)53(5,19-58)41(52)25(60)16-55(29,7)54(23,6)11-13-56/h8,22,24-43,45-49,58-71,75H,9-21H2,1-7H3,(H,72,73)/t22-,24-,25+,26-,27-,28+,29?,30-,31-,32-,33-,34+,35+,36+,37-,38-,39-,40+,41?,42-,43-,45-,46-,47-,48-,49-,52+,53-,54+,55+,56-,57+/m0/s1. The number of rotatable bonds is 13. The largest absolute Gasteiger partial charge is 0.479 e. The van der Waals surface area contributed by atoms with E-state index in [-0.39, 0.29) is 24.2 Å². The third-order valence-corrected chi connectivity index (χ3v) is 22.4. The zero-order chi connectivity index (χ0) is 62.2. The van der Waals surface area contributed by atoms with Gasteiger partial charge in [0.1, 0.15) is 78.8 Å². The van der Waals surface area contributed by atoms with Gasteiger partial charge in [0, 0.05) is 11.3 Å². The second kappa shape index (κ2) is 23.4. The molecule has 0 amide bonds. The van der Waals surface area contributed by atoms with Gasteiger partial charge in [-0.25, -0.2) is 4.79 Å². The Hall–Kier alpha value is -2.28. The molecule has 9 fully saturated rings. The van der Waals surface area contributed by atoms with Gasteiger partial charge in [-0.1, -0.05) is 53.2 Å². The maximum absolute atomic E-state index is 15.4. The molecule has 5 heterocycles. The quantitative estimate of drug-likeness (QED) is 0.0472. The Balaban J connectivity index is 0.856. The van der Waals surface area contributed by atoms with Crippen LogP contribution in [0.3, 0.4) is 0 Å². The number of fused-ring (bicyclic) bond motifs is 7. The van der Waals surface area contributed by atoms with Crippen LogP contribution in [0.5, 0.6) is 0 Å². The Labute approximate surface area is 491 Å². The lowest BCUT2D eigenvalue weighted by Crippen LogP contribution is -2.72. The fraction of sp³-hybridized carbons (Fsp3) is 0.930. The van der Waals surface area contributed by atoms with Crippen LogP contribution < -0.4 is 0 Å². The topological polar surface area (TPSA) is 450 Å². The average molecular weight is 1220 g/mol. The van der Waals surface area contributed by atoms with Crippen molar-refractivity contribution in [2.45, 2.75) is 247 Å². The molecule has 4 saturated carbocycles. The molecular formula is C57H90O28. The van der Waals surface area contributed by atoms with Gasteiger partial charge in [-0.15, -0.1) is 0 Å². The second-order valence-corrected chi connectivity index (χ2v) is 28.1. The molecule has 28 heteroatoms. The molecule has 2 unspecified atom stereocenters. The van der Waals surface area contributed by atoms with Crippen LogP contribution in [0.15, 0.2) is 11.6 Å². The monoisotopic (exact) mass is 1220 g/mol. The maximum atomic E-state index is 15.4. The minimum Gasteiger partial charge on any atom is -0.479 e. The number of hydrogen-bond donors (Lipinski definition) is 16. The van der Waals surface area contributed by atoms with E-state index in [2.05, 4.69) is 33.8 Å². The lowest BCUT2D eigenvalue weighted by atomic mass is 9.33. The van der Waals surface area contributed by atoms with E-state index in [1.807, 2.05) is 6.92 Å². The van der Waals surface area contributed by atoms with Crippen LogP contribution in [0.2, 0.25) is 0 Å². The van der Waals surface area contributed by atoms with Crippen molar-refractivity contribution in [2.24, 2.45) is 50.2 Å². The Kier molecular flexibility index (Phi) is 18.1. The van der Waals surface area contributed by atoms with E-state index in [4.69, 9.17) is 47.4 Å². The van der Waals surface area contributed by atoms with Crippen LogP contribution in [-0.2, 0) is 57.0 Å². The van der Waals surface area contributed by atoms with Crippen LogP contribution in [0, 0.1) is 50.2 Å². The Morgan fingerprint density at radius 1 is 0.600 bits per heavy atom. The molecule has 0 spiro atoms. The number of carboxylic acid groups (broad SMARTS) is 1. The van der Waals surface area contributed by atoms with Crippen molar-refractivity contribution >= 4 is 11.9 Å². The first-order chi connectivity index (χ1) is 39.7. The van der Waals surface area contributed by atoms with Crippen LogP contribution in [0.25, 0.3) is 0 Å². The molecule has 0 radical (unpaired) electrons. The fourth-order valence-corrected chi connectivity index (χ4v) is 17.4. The van der Waals surface area contributed by atoms with Gasteiger partial charge in [-0.05, 0) is 91.8 Å². The predicted molar refractivity (Wildman–Crippen MR) is 281 cm³/mol. The number of aliphatic hydroxyl groups excluding tert-OH is 14. The van der Waals surface area contributed by atoms with E-state index in [1.54, 1.807) is 6.92 Å². The molecule has 0 aromatic carbocycles. The number of allylic oxidation sites excluding steroid dienone is 2. The zero-order valence-corrected chi connectivity index (χ0v) is 48.8. The Morgan fingerprint density at radius 2 is 1.22 bits per heavy atom. The molecular weight excluding hydrogens is 1130 g/mol. The molecule has 32 atom stereocenters. The van der Waals surface area contributed by atoms with Crippen LogP contribution in [0.4, 0.5) is 0 Å². The van der Waals surface area contributed by atoms with Gasteiger partial charge < -0.3 is 129 Å². The summed E-state index contributed by atoms with van der Waals surface area (Å²) in [6, 6.07) is 0. The van der Waals surface area contributed by atoms with Gasteiger partial charge in [0.25, 0.3) is 0 Å². The van der Waals surface area contributed by atoms with E-state index in [1.165, 1.54) is 6.92 Å². The molecule has 486 valence electrons. The lowest BCUT2D eigenvalue weighted by Gasteiger charge is -2.72. The number of ether oxygens (including phenoxy) is 10. The van der Waals surface area contributed by atoms with Gasteiger partial charge in [0.15, 0.2) is 37.4 Å². The van der Waals surface area contributed by atoms with Crippen LogP contribution >= 0.6 is 0 Å².